The number of nitrogens with one attached hydrogen (secondary N) is 2. The minimum atomic E-state index is -0.0260. The van der Waals surface area contributed by atoms with Crippen LogP contribution in [0, 0.1) is 11.3 Å². The van der Waals surface area contributed by atoms with E-state index in [-0.39, 0.29) is 30.0 Å². The number of hydrogen-bond acceptors (Lipinski definition) is 2. The molecule has 132 valence electrons. The Bertz CT molecular complexity index is 770. The molecule has 0 bridgehead atoms. The zero-order valence-electron chi connectivity index (χ0n) is 13.9. The Morgan fingerprint density at radius 1 is 1.20 bits per heavy atom. The second-order valence-corrected chi connectivity index (χ2v) is 6.11. The number of rotatable bonds is 4. The molecule has 2 rings (SSSR count). The minimum Gasteiger partial charge on any atom is -0.352 e. The standard InChI is InChI=1S/C18H18Cl2N4.HI/c1-12(16-8-7-15(19)9-17(16)20)24-18(22-2)23-11-14-5-3-13(10-21)4-6-14;/h3-9,12H,11H2,1-2H3,(H2,22,23,24);1H. The maximum absolute atomic E-state index is 8.82. The van der Waals surface area contributed by atoms with Crippen LogP contribution in [0.1, 0.15) is 29.7 Å². The van der Waals surface area contributed by atoms with Gasteiger partial charge in [-0.2, -0.15) is 5.26 Å². The zero-order valence-corrected chi connectivity index (χ0v) is 17.7. The fourth-order valence-corrected chi connectivity index (χ4v) is 2.79. The van der Waals surface area contributed by atoms with Crippen LogP contribution in [0.15, 0.2) is 47.5 Å². The van der Waals surface area contributed by atoms with Crippen molar-refractivity contribution in [2.24, 2.45) is 4.99 Å². The molecule has 2 aromatic carbocycles. The van der Waals surface area contributed by atoms with Gasteiger partial charge in [0.15, 0.2) is 5.96 Å². The van der Waals surface area contributed by atoms with Crippen LogP contribution in [0.4, 0.5) is 0 Å². The molecule has 0 saturated heterocycles. The molecule has 0 fully saturated rings. The topological polar surface area (TPSA) is 60.2 Å². The second kappa shape index (κ2) is 10.5. The SMILES string of the molecule is CN=C(NCc1ccc(C#N)cc1)NC(C)c1ccc(Cl)cc1Cl.I. The third-order valence-corrected chi connectivity index (χ3v) is 4.11. The van der Waals surface area contributed by atoms with E-state index >= 15 is 0 Å². The van der Waals surface area contributed by atoms with Gasteiger partial charge in [0.05, 0.1) is 17.7 Å². The average Bonchev–Trinajstić information content (AvgIpc) is 2.58. The number of halogens is 3. The highest BCUT2D eigenvalue weighted by Crippen LogP contribution is 2.25. The van der Waals surface area contributed by atoms with Gasteiger partial charge in [-0.15, -0.1) is 24.0 Å². The van der Waals surface area contributed by atoms with E-state index in [0.717, 1.165) is 11.1 Å². The number of benzene rings is 2. The number of nitriles is 1. The normalized spacial score (nSPS) is 11.9. The summed E-state index contributed by atoms with van der Waals surface area (Å²) in [5.41, 5.74) is 2.66. The molecular formula is C18H19Cl2IN4. The van der Waals surface area contributed by atoms with E-state index in [9.17, 15) is 0 Å². The fraction of sp³-hybridized carbons (Fsp3) is 0.222. The molecule has 1 unspecified atom stereocenters. The molecule has 4 nitrogen and oxygen atoms in total. The summed E-state index contributed by atoms with van der Waals surface area (Å²) in [6.07, 6.45) is 0. The summed E-state index contributed by atoms with van der Waals surface area (Å²) in [6.45, 7) is 2.61. The number of nitrogens with zero attached hydrogens (tertiary/aromatic N) is 2. The van der Waals surface area contributed by atoms with E-state index in [1.807, 2.05) is 31.2 Å². The molecule has 0 aliphatic carbocycles. The first-order valence-electron chi connectivity index (χ1n) is 7.44. The van der Waals surface area contributed by atoms with Gasteiger partial charge in [0.1, 0.15) is 0 Å². The molecule has 0 aromatic heterocycles. The summed E-state index contributed by atoms with van der Waals surface area (Å²) in [5.74, 6) is 0.665. The number of hydrogen-bond donors (Lipinski definition) is 2. The third kappa shape index (κ3) is 6.38. The van der Waals surface area contributed by atoms with E-state index in [1.54, 1.807) is 25.2 Å². The molecule has 2 N–H and O–H groups in total. The molecule has 7 heteroatoms. The highest BCUT2D eigenvalue weighted by atomic mass is 127. The van der Waals surface area contributed by atoms with Gasteiger partial charge in [0.2, 0.25) is 0 Å². The van der Waals surface area contributed by atoms with Crippen molar-refractivity contribution in [1.82, 2.24) is 10.6 Å². The van der Waals surface area contributed by atoms with Gasteiger partial charge in [0, 0.05) is 23.6 Å². The van der Waals surface area contributed by atoms with E-state index in [2.05, 4.69) is 21.7 Å². The van der Waals surface area contributed by atoms with Crippen LogP contribution in [0.3, 0.4) is 0 Å². The Balaban J connectivity index is 0.00000312. The zero-order chi connectivity index (χ0) is 17.5. The summed E-state index contributed by atoms with van der Waals surface area (Å²) < 4.78 is 0. The first-order valence-corrected chi connectivity index (χ1v) is 8.20. The maximum atomic E-state index is 8.82. The summed E-state index contributed by atoms with van der Waals surface area (Å²) in [6, 6.07) is 14.9. The van der Waals surface area contributed by atoms with Crippen LogP contribution in [0.2, 0.25) is 10.0 Å². The Morgan fingerprint density at radius 3 is 2.44 bits per heavy atom. The predicted octanol–water partition coefficient (Wildman–Crippen LogP) is 4.91. The highest BCUT2D eigenvalue weighted by Gasteiger charge is 2.11. The summed E-state index contributed by atoms with van der Waals surface area (Å²) in [4.78, 5) is 4.22. The summed E-state index contributed by atoms with van der Waals surface area (Å²) in [7, 11) is 1.71. The van der Waals surface area contributed by atoms with Crippen molar-refractivity contribution in [1.29, 1.82) is 5.26 Å². The molecule has 0 heterocycles. The highest BCUT2D eigenvalue weighted by molar-refractivity contribution is 14.0. The third-order valence-electron chi connectivity index (χ3n) is 3.55. The molecule has 1 atom stereocenters. The average molecular weight is 489 g/mol. The van der Waals surface area contributed by atoms with Gasteiger partial charge >= 0.3 is 0 Å². The molecule has 0 amide bonds. The van der Waals surface area contributed by atoms with Gasteiger partial charge in [-0.1, -0.05) is 41.4 Å². The monoisotopic (exact) mass is 488 g/mol. The molecule has 2 aromatic rings. The predicted molar refractivity (Wildman–Crippen MR) is 115 cm³/mol. The second-order valence-electron chi connectivity index (χ2n) is 5.27. The lowest BCUT2D eigenvalue weighted by Gasteiger charge is -2.19. The minimum absolute atomic E-state index is 0. The first kappa shape index (κ1) is 21.6. The Hall–Kier alpha value is -1.49. The largest absolute Gasteiger partial charge is 0.352 e. The van der Waals surface area contributed by atoms with Crippen LogP contribution < -0.4 is 10.6 Å². The summed E-state index contributed by atoms with van der Waals surface area (Å²) in [5, 5.41) is 16.6. The van der Waals surface area contributed by atoms with E-state index in [0.29, 0.717) is 28.1 Å². The van der Waals surface area contributed by atoms with Crippen LogP contribution in [0.5, 0.6) is 0 Å². The van der Waals surface area contributed by atoms with Crippen LogP contribution in [-0.2, 0) is 6.54 Å². The molecule has 0 saturated carbocycles. The van der Waals surface area contributed by atoms with Gasteiger partial charge in [0.25, 0.3) is 0 Å². The van der Waals surface area contributed by atoms with Gasteiger partial charge in [-0.25, -0.2) is 0 Å². The van der Waals surface area contributed by atoms with Crippen LogP contribution in [0.25, 0.3) is 0 Å². The molecule has 25 heavy (non-hydrogen) atoms. The van der Waals surface area contributed by atoms with Crippen LogP contribution in [-0.4, -0.2) is 13.0 Å². The lowest BCUT2D eigenvalue weighted by atomic mass is 10.1. The fourth-order valence-electron chi connectivity index (χ4n) is 2.21. The maximum Gasteiger partial charge on any atom is 0.191 e. The quantitative estimate of drug-likeness (QED) is 0.365. The number of aliphatic imine (C=N–C) groups is 1. The van der Waals surface area contributed by atoms with Crippen molar-refractivity contribution in [3.8, 4) is 6.07 Å². The van der Waals surface area contributed by atoms with Crippen molar-refractivity contribution in [2.45, 2.75) is 19.5 Å². The Labute approximate surface area is 175 Å². The van der Waals surface area contributed by atoms with Crippen molar-refractivity contribution >= 4 is 53.1 Å². The molecule has 0 aliphatic rings. The molecular weight excluding hydrogens is 470 g/mol. The summed E-state index contributed by atoms with van der Waals surface area (Å²) >= 11 is 12.2. The Kier molecular flexibility index (Phi) is 9.04. The van der Waals surface area contributed by atoms with Crippen molar-refractivity contribution in [3.63, 3.8) is 0 Å². The van der Waals surface area contributed by atoms with Crippen molar-refractivity contribution in [3.05, 3.63) is 69.2 Å². The molecule has 0 radical (unpaired) electrons. The van der Waals surface area contributed by atoms with Gasteiger partial charge < -0.3 is 10.6 Å². The molecule has 0 aliphatic heterocycles. The molecule has 0 spiro atoms. The first-order chi connectivity index (χ1) is 11.5. The van der Waals surface area contributed by atoms with E-state index < -0.39 is 0 Å². The smallest absolute Gasteiger partial charge is 0.191 e. The van der Waals surface area contributed by atoms with E-state index in [4.69, 9.17) is 28.5 Å². The van der Waals surface area contributed by atoms with Gasteiger partial charge in [-0.3, -0.25) is 4.99 Å². The Morgan fingerprint density at radius 2 is 1.88 bits per heavy atom. The van der Waals surface area contributed by atoms with Gasteiger partial charge in [-0.05, 0) is 42.3 Å². The van der Waals surface area contributed by atoms with Crippen molar-refractivity contribution < 1.29 is 0 Å². The van der Waals surface area contributed by atoms with E-state index in [1.165, 1.54) is 0 Å². The van der Waals surface area contributed by atoms with Crippen molar-refractivity contribution in [2.75, 3.05) is 7.05 Å². The van der Waals surface area contributed by atoms with Crippen LogP contribution >= 0.6 is 47.2 Å². The lowest BCUT2D eigenvalue weighted by molar-refractivity contribution is 0.685. The number of guanidine groups is 1. The lowest BCUT2D eigenvalue weighted by Crippen LogP contribution is -2.38.